The smallest absolute Gasteiger partial charge is 0.350 e. The number of halogens is 1. The normalized spacial score (nSPS) is 21.5. The minimum Gasteiger partial charge on any atom is -0.462 e. The first-order chi connectivity index (χ1) is 10.9. The Kier molecular flexibility index (Phi) is 8.08. The third kappa shape index (κ3) is 4.89. The van der Waals surface area contributed by atoms with Gasteiger partial charge in [-0.25, -0.2) is 9.78 Å². The number of aryl methyl sites for hydroxylation is 1. The number of carbonyl (C=O) groups excluding carboxylic acids is 2. The number of hydrogen-bond acceptors (Lipinski definition) is 7. The molecule has 0 spiro atoms. The summed E-state index contributed by atoms with van der Waals surface area (Å²) in [5.41, 5.74) is 0.622. The largest absolute Gasteiger partial charge is 0.462 e. The van der Waals surface area contributed by atoms with Gasteiger partial charge in [-0.05, 0) is 27.7 Å². The maximum absolute atomic E-state index is 12.4. The van der Waals surface area contributed by atoms with E-state index in [2.05, 4.69) is 15.6 Å². The van der Waals surface area contributed by atoms with E-state index < -0.39 is 0 Å². The van der Waals surface area contributed by atoms with Gasteiger partial charge in [0.1, 0.15) is 15.9 Å². The Bertz CT molecular complexity index is 581. The highest BCUT2D eigenvalue weighted by Crippen LogP contribution is 2.24. The van der Waals surface area contributed by atoms with E-state index in [0.717, 1.165) is 0 Å². The predicted octanol–water partition coefficient (Wildman–Crippen LogP) is 1.60. The Morgan fingerprint density at radius 1 is 1.54 bits per heavy atom. The summed E-state index contributed by atoms with van der Waals surface area (Å²) in [5, 5.41) is 6.75. The summed E-state index contributed by atoms with van der Waals surface area (Å²) in [5.74, 6) is -0.501. The Balaban J connectivity index is 0.00000288. The van der Waals surface area contributed by atoms with Crippen LogP contribution in [0.5, 0.6) is 0 Å². The number of carbonyl (C=O) groups is 2. The molecule has 0 saturated carbocycles. The van der Waals surface area contributed by atoms with Crippen LogP contribution in [0.25, 0.3) is 0 Å². The SMILES string of the molecule is CCOC(=O)c1sc(C(C)NC(=O)[C@H]2NCCO[C@@H]2C)nc1C.Cl. The Hall–Kier alpha value is -1.22. The second-order valence-corrected chi connectivity index (χ2v) is 6.46. The Labute approximate surface area is 151 Å². The van der Waals surface area contributed by atoms with E-state index in [1.807, 2.05) is 13.8 Å². The average molecular weight is 378 g/mol. The van der Waals surface area contributed by atoms with E-state index in [-0.39, 0.29) is 42.5 Å². The molecule has 1 aliphatic rings. The second kappa shape index (κ2) is 9.31. The number of nitrogens with one attached hydrogen (secondary N) is 2. The number of esters is 1. The van der Waals surface area contributed by atoms with Crippen LogP contribution in [0, 0.1) is 6.92 Å². The number of thiazole rings is 1. The fraction of sp³-hybridized carbons (Fsp3) is 0.667. The zero-order valence-corrected chi connectivity index (χ0v) is 15.9. The van der Waals surface area contributed by atoms with Gasteiger partial charge in [-0.2, -0.15) is 0 Å². The molecule has 1 amide bonds. The highest BCUT2D eigenvalue weighted by atomic mass is 35.5. The lowest BCUT2D eigenvalue weighted by Crippen LogP contribution is -2.55. The summed E-state index contributed by atoms with van der Waals surface area (Å²) >= 11 is 1.25. The third-order valence-electron chi connectivity index (χ3n) is 3.60. The molecule has 1 aromatic heterocycles. The molecule has 1 unspecified atom stereocenters. The van der Waals surface area contributed by atoms with Crippen molar-refractivity contribution in [2.75, 3.05) is 19.8 Å². The van der Waals surface area contributed by atoms with E-state index in [9.17, 15) is 9.59 Å². The molecule has 1 saturated heterocycles. The number of morpholine rings is 1. The van der Waals surface area contributed by atoms with Gasteiger partial charge in [-0.1, -0.05) is 0 Å². The highest BCUT2D eigenvalue weighted by Gasteiger charge is 2.30. The molecule has 0 radical (unpaired) electrons. The number of hydrogen-bond donors (Lipinski definition) is 2. The van der Waals surface area contributed by atoms with Crippen molar-refractivity contribution >= 4 is 35.6 Å². The molecule has 2 N–H and O–H groups in total. The number of aromatic nitrogens is 1. The highest BCUT2D eigenvalue weighted by molar-refractivity contribution is 7.13. The molecule has 1 fully saturated rings. The molecule has 0 aliphatic carbocycles. The minimum absolute atomic E-state index is 0. The lowest BCUT2D eigenvalue weighted by atomic mass is 10.1. The number of rotatable bonds is 5. The number of ether oxygens (including phenoxy) is 2. The van der Waals surface area contributed by atoms with Gasteiger partial charge in [0.2, 0.25) is 5.91 Å². The van der Waals surface area contributed by atoms with Crippen LogP contribution in [0.4, 0.5) is 0 Å². The molecule has 1 aromatic rings. The lowest BCUT2D eigenvalue weighted by molar-refractivity contribution is -0.129. The van der Waals surface area contributed by atoms with Crippen LogP contribution in [0.15, 0.2) is 0 Å². The Morgan fingerprint density at radius 2 is 2.25 bits per heavy atom. The van der Waals surface area contributed by atoms with Crippen LogP contribution in [-0.4, -0.2) is 48.8 Å². The van der Waals surface area contributed by atoms with Crippen molar-refractivity contribution in [1.82, 2.24) is 15.6 Å². The molecular formula is C15H24ClN3O4S. The van der Waals surface area contributed by atoms with Crippen molar-refractivity contribution in [1.29, 1.82) is 0 Å². The molecule has 136 valence electrons. The molecule has 0 bridgehead atoms. The van der Waals surface area contributed by atoms with Crippen LogP contribution in [0.2, 0.25) is 0 Å². The molecule has 24 heavy (non-hydrogen) atoms. The van der Waals surface area contributed by atoms with Crippen molar-refractivity contribution < 1.29 is 19.1 Å². The van der Waals surface area contributed by atoms with Crippen LogP contribution in [0.1, 0.15) is 47.2 Å². The summed E-state index contributed by atoms with van der Waals surface area (Å²) in [6, 6.07) is -0.665. The van der Waals surface area contributed by atoms with Crippen molar-refractivity contribution in [3.63, 3.8) is 0 Å². The third-order valence-corrected chi connectivity index (χ3v) is 4.92. The quantitative estimate of drug-likeness (QED) is 0.757. The van der Waals surface area contributed by atoms with Gasteiger partial charge in [0, 0.05) is 6.54 Å². The van der Waals surface area contributed by atoms with Gasteiger partial charge in [-0.3, -0.25) is 4.79 Å². The van der Waals surface area contributed by atoms with Crippen LogP contribution >= 0.6 is 23.7 Å². The summed E-state index contributed by atoms with van der Waals surface area (Å²) < 4.78 is 10.5. The summed E-state index contributed by atoms with van der Waals surface area (Å²) in [6.45, 7) is 8.82. The first-order valence-corrected chi connectivity index (χ1v) is 8.55. The summed E-state index contributed by atoms with van der Waals surface area (Å²) in [6.07, 6.45) is -0.177. The van der Waals surface area contributed by atoms with E-state index in [1.54, 1.807) is 13.8 Å². The maximum Gasteiger partial charge on any atom is 0.350 e. The fourth-order valence-corrected chi connectivity index (χ4v) is 3.34. The van der Waals surface area contributed by atoms with Crippen molar-refractivity contribution in [2.24, 2.45) is 0 Å². The van der Waals surface area contributed by atoms with Gasteiger partial charge in [0.05, 0.1) is 31.1 Å². The van der Waals surface area contributed by atoms with Crippen LogP contribution < -0.4 is 10.6 Å². The monoisotopic (exact) mass is 377 g/mol. The second-order valence-electron chi connectivity index (χ2n) is 5.43. The molecule has 1 aliphatic heterocycles. The number of nitrogens with zero attached hydrogens (tertiary/aromatic N) is 1. The summed E-state index contributed by atoms with van der Waals surface area (Å²) in [7, 11) is 0. The zero-order valence-electron chi connectivity index (χ0n) is 14.3. The number of amides is 1. The van der Waals surface area contributed by atoms with Crippen molar-refractivity contribution in [3.05, 3.63) is 15.6 Å². The Morgan fingerprint density at radius 3 is 2.88 bits per heavy atom. The standard InChI is InChI=1S/C15H23N3O4S.ClH/c1-5-21-15(20)12-8(2)18-14(23-12)9(3)17-13(19)11-10(4)22-7-6-16-11;/h9-11,16H,5-7H2,1-4H3,(H,17,19);1H/t9?,10-,11+;/m1./s1. The van der Waals surface area contributed by atoms with Gasteiger partial charge in [-0.15, -0.1) is 23.7 Å². The van der Waals surface area contributed by atoms with Gasteiger partial charge in [0.15, 0.2) is 0 Å². The molecule has 0 aromatic carbocycles. The molecule has 2 heterocycles. The van der Waals surface area contributed by atoms with Gasteiger partial charge >= 0.3 is 5.97 Å². The van der Waals surface area contributed by atoms with Crippen molar-refractivity contribution in [2.45, 2.75) is 45.9 Å². The molecule has 2 rings (SSSR count). The van der Waals surface area contributed by atoms with E-state index >= 15 is 0 Å². The first kappa shape index (κ1) is 20.8. The van der Waals surface area contributed by atoms with Gasteiger partial charge in [0.25, 0.3) is 0 Å². The van der Waals surface area contributed by atoms with Crippen LogP contribution in [0.3, 0.4) is 0 Å². The molecule has 3 atom stereocenters. The maximum atomic E-state index is 12.4. The molecule has 7 nitrogen and oxygen atoms in total. The van der Waals surface area contributed by atoms with Crippen LogP contribution in [-0.2, 0) is 14.3 Å². The predicted molar refractivity (Wildman–Crippen MR) is 93.8 cm³/mol. The minimum atomic E-state index is -0.378. The molecular weight excluding hydrogens is 354 g/mol. The van der Waals surface area contributed by atoms with E-state index in [4.69, 9.17) is 9.47 Å². The topological polar surface area (TPSA) is 89.5 Å². The molecule has 9 heteroatoms. The summed E-state index contributed by atoms with van der Waals surface area (Å²) in [4.78, 5) is 29.1. The first-order valence-electron chi connectivity index (χ1n) is 7.73. The van der Waals surface area contributed by atoms with E-state index in [1.165, 1.54) is 11.3 Å². The van der Waals surface area contributed by atoms with Gasteiger partial charge < -0.3 is 20.1 Å². The van der Waals surface area contributed by atoms with Crippen molar-refractivity contribution in [3.8, 4) is 0 Å². The average Bonchev–Trinajstić information content (AvgIpc) is 2.90. The fourth-order valence-electron chi connectivity index (χ4n) is 2.38. The van der Waals surface area contributed by atoms with E-state index in [0.29, 0.717) is 35.3 Å². The zero-order chi connectivity index (χ0) is 17.0. The lowest BCUT2D eigenvalue weighted by Gasteiger charge is -2.30.